The molecule has 4 heteroatoms. The smallest absolute Gasteiger partial charge is 0.102 e. The van der Waals surface area contributed by atoms with E-state index >= 15 is 0 Å². The van der Waals surface area contributed by atoms with Gasteiger partial charge in [-0.15, -0.1) is 0 Å². The number of nitriles is 1. The third kappa shape index (κ3) is 2.87. The van der Waals surface area contributed by atoms with Crippen LogP contribution in [0.2, 0.25) is 0 Å². The number of ether oxygens (including phenoxy) is 1. The lowest BCUT2D eigenvalue weighted by Gasteiger charge is -2.27. The SMILES string of the molecule is N#Cc1c(CN2CCC(C3CCOCC3)C2)cn2ccccc12. The van der Waals surface area contributed by atoms with Gasteiger partial charge in [0.25, 0.3) is 0 Å². The van der Waals surface area contributed by atoms with Crippen molar-refractivity contribution in [3.8, 4) is 6.07 Å². The molecule has 1 unspecified atom stereocenters. The van der Waals surface area contributed by atoms with Crippen LogP contribution in [0, 0.1) is 23.2 Å². The maximum absolute atomic E-state index is 9.54. The summed E-state index contributed by atoms with van der Waals surface area (Å²) in [7, 11) is 0. The van der Waals surface area contributed by atoms with Crippen molar-refractivity contribution in [1.29, 1.82) is 5.26 Å². The van der Waals surface area contributed by atoms with E-state index in [1.165, 1.54) is 25.8 Å². The van der Waals surface area contributed by atoms with E-state index in [0.29, 0.717) is 0 Å². The molecule has 0 amide bonds. The minimum absolute atomic E-state index is 0.807. The van der Waals surface area contributed by atoms with Gasteiger partial charge in [0.05, 0.1) is 11.1 Å². The molecule has 2 aromatic heterocycles. The molecule has 0 spiro atoms. The Morgan fingerprint density at radius 1 is 1.17 bits per heavy atom. The van der Waals surface area contributed by atoms with Crippen LogP contribution in [0.5, 0.6) is 0 Å². The zero-order valence-corrected chi connectivity index (χ0v) is 13.4. The number of pyridine rings is 1. The van der Waals surface area contributed by atoms with E-state index in [4.69, 9.17) is 4.74 Å². The maximum atomic E-state index is 9.54. The molecule has 23 heavy (non-hydrogen) atoms. The van der Waals surface area contributed by atoms with Gasteiger partial charge in [-0.1, -0.05) is 6.07 Å². The monoisotopic (exact) mass is 309 g/mol. The summed E-state index contributed by atoms with van der Waals surface area (Å²) in [5.74, 6) is 1.64. The maximum Gasteiger partial charge on any atom is 0.102 e. The van der Waals surface area contributed by atoms with Crippen molar-refractivity contribution >= 4 is 5.52 Å². The third-order valence-electron chi connectivity index (χ3n) is 5.51. The molecule has 1 atom stereocenters. The Balaban J connectivity index is 1.48. The summed E-state index contributed by atoms with van der Waals surface area (Å²) >= 11 is 0. The van der Waals surface area contributed by atoms with Gasteiger partial charge in [-0.05, 0) is 49.8 Å². The molecule has 0 radical (unpaired) electrons. The van der Waals surface area contributed by atoms with Crippen LogP contribution >= 0.6 is 0 Å². The number of likely N-dealkylation sites (tertiary alicyclic amines) is 1. The Morgan fingerprint density at radius 3 is 2.87 bits per heavy atom. The minimum Gasteiger partial charge on any atom is -0.381 e. The van der Waals surface area contributed by atoms with E-state index in [1.54, 1.807) is 0 Å². The molecule has 0 aromatic carbocycles. The topological polar surface area (TPSA) is 40.7 Å². The zero-order valence-electron chi connectivity index (χ0n) is 13.4. The molecule has 2 aromatic rings. The lowest BCUT2D eigenvalue weighted by molar-refractivity contribution is 0.0477. The van der Waals surface area contributed by atoms with Crippen LogP contribution in [0.3, 0.4) is 0 Å². The number of hydrogen-bond donors (Lipinski definition) is 0. The van der Waals surface area contributed by atoms with Crippen molar-refractivity contribution in [2.45, 2.75) is 25.8 Å². The van der Waals surface area contributed by atoms with E-state index in [1.807, 2.05) is 24.4 Å². The first kappa shape index (κ1) is 14.7. The summed E-state index contributed by atoms with van der Waals surface area (Å²) in [5.41, 5.74) is 3.01. The Morgan fingerprint density at radius 2 is 2.04 bits per heavy atom. The van der Waals surface area contributed by atoms with Gasteiger partial charge in [0.2, 0.25) is 0 Å². The van der Waals surface area contributed by atoms with Gasteiger partial charge in [0.15, 0.2) is 0 Å². The van der Waals surface area contributed by atoms with E-state index in [9.17, 15) is 5.26 Å². The van der Waals surface area contributed by atoms with Crippen LogP contribution < -0.4 is 0 Å². The first-order valence-corrected chi connectivity index (χ1v) is 8.64. The molecule has 2 aliphatic heterocycles. The van der Waals surface area contributed by atoms with Crippen molar-refractivity contribution in [3.05, 3.63) is 41.7 Å². The molecule has 0 aliphatic carbocycles. The molecule has 120 valence electrons. The second kappa shape index (κ2) is 6.35. The van der Waals surface area contributed by atoms with Gasteiger partial charge in [-0.3, -0.25) is 4.90 Å². The Hall–Kier alpha value is -1.83. The van der Waals surface area contributed by atoms with Crippen molar-refractivity contribution in [2.75, 3.05) is 26.3 Å². The summed E-state index contributed by atoms with van der Waals surface area (Å²) in [6.07, 6.45) is 7.88. The van der Waals surface area contributed by atoms with E-state index < -0.39 is 0 Å². The molecule has 2 fully saturated rings. The number of hydrogen-bond acceptors (Lipinski definition) is 3. The third-order valence-corrected chi connectivity index (χ3v) is 5.51. The van der Waals surface area contributed by atoms with E-state index in [2.05, 4.69) is 21.6 Å². The van der Waals surface area contributed by atoms with Gasteiger partial charge >= 0.3 is 0 Å². The van der Waals surface area contributed by atoms with Gasteiger partial charge in [-0.25, -0.2) is 0 Å². The highest BCUT2D eigenvalue weighted by atomic mass is 16.5. The molecule has 4 rings (SSSR count). The molecule has 0 saturated carbocycles. The van der Waals surface area contributed by atoms with Crippen molar-refractivity contribution in [2.24, 2.45) is 11.8 Å². The van der Waals surface area contributed by atoms with Crippen molar-refractivity contribution in [1.82, 2.24) is 9.30 Å². The van der Waals surface area contributed by atoms with Crippen LogP contribution in [0.25, 0.3) is 5.52 Å². The van der Waals surface area contributed by atoms with Gasteiger partial charge < -0.3 is 9.14 Å². The number of rotatable bonds is 3. The highest BCUT2D eigenvalue weighted by molar-refractivity contribution is 5.65. The highest BCUT2D eigenvalue weighted by Crippen LogP contribution is 2.32. The standard InChI is InChI=1S/C19H23N3O/c20-11-18-17(14-22-7-2-1-3-19(18)22)13-21-8-4-16(12-21)15-5-9-23-10-6-15/h1-3,7,14-16H,4-6,8-10,12-13H2. The van der Waals surface area contributed by atoms with Gasteiger partial charge in [-0.2, -0.15) is 5.26 Å². The van der Waals surface area contributed by atoms with Crippen LogP contribution in [0.1, 0.15) is 30.4 Å². The average molecular weight is 309 g/mol. The first-order valence-electron chi connectivity index (χ1n) is 8.64. The molecule has 4 heterocycles. The van der Waals surface area contributed by atoms with E-state index in [-0.39, 0.29) is 0 Å². The second-order valence-corrected chi connectivity index (χ2v) is 6.87. The highest BCUT2D eigenvalue weighted by Gasteiger charge is 2.31. The fourth-order valence-corrected chi connectivity index (χ4v) is 4.25. The normalized spacial score (nSPS) is 23.3. The largest absolute Gasteiger partial charge is 0.381 e. The van der Waals surface area contributed by atoms with Crippen molar-refractivity contribution in [3.63, 3.8) is 0 Å². The number of fused-ring (bicyclic) bond motifs is 1. The molecule has 0 bridgehead atoms. The molecular weight excluding hydrogens is 286 g/mol. The molecule has 4 nitrogen and oxygen atoms in total. The summed E-state index contributed by atoms with van der Waals surface area (Å²) in [6, 6.07) is 8.43. The first-order chi connectivity index (χ1) is 11.3. The Bertz CT molecular complexity index is 724. The van der Waals surface area contributed by atoms with Gasteiger partial charge in [0.1, 0.15) is 6.07 Å². The fraction of sp³-hybridized carbons (Fsp3) is 0.526. The predicted molar refractivity (Wildman–Crippen MR) is 89.0 cm³/mol. The average Bonchev–Trinajstić information content (AvgIpc) is 3.20. The molecular formula is C19H23N3O. The molecule has 2 saturated heterocycles. The van der Waals surface area contributed by atoms with Crippen LogP contribution in [-0.2, 0) is 11.3 Å². The van der Waals surface area contributed by atoms with Crippen molar-refractivity contribution < 1.29 is 4.74 Å². The Kier molecular flexibility index (Phi) is 4.07. The summed E-state index contributed by atoms with van der Waals surface area (Å²) in [4.78, 5) is 2.52. The van der Waals surface area contributed by atoms with E-state index in [0.717, 1.165) is 54.8 Å². The number of aromatic nitrogens is 1. The van der Waals surface area contributed by atoms with Crippen LogP contribution in [-0.4, -0.2) is 35.6 Å². The lowest BCUT2D eigenvalue weighted by atomic mass is 9.85. The molecule has 2 aliphatic rings. The number of nitrogens with zero attached hydrogens (tertiary/aromatic N) is 3. The zero-order chi connectivity index (χ0) is 15.6. The predicted octanol–water partition coefficient (Wildman–Crippen LogP) is 3.06. The summed E-state index contributed by atoms with van der Waals surface area (Å²) < 4.78 is 7.56. The van der Waals surface area contributed by atoms with Crippen LogP contribution in [0.15, 0.2) is 30.6 Å². The minimum atomic E-state index is 0.807. The molecule has 0 N–H and O–H groups in total. The summed E-state index contributed by atoms with van der Waals surface area (Å²) in [6.45, 7) is 5.08. The summed E-state index contributed by atoms with van der Waals surface area (Å²) in [5, 5.41) is 9.54. The van der Waals surface area contributed by atoms with Gasteiger partial charge in [0, 0.05) is 44.3 Å². The quantitative estimate of drug-likeness (QED) is 0.875. The fourth-order valence-electron chi connectivity index (χ4n) is 4.25. The Labute approximate surface area is 137 Å². The van der Waals surface area contributed by atoms with Crippen LogP contribution in [0.4, 0.5) is 0 Å². The second-order valence-electron chi connectivity index (χ2n) is 6.87. The lowest BCUT2D eigenvalue weighted by Crippen LogP contribution is -2.26.